The molecule has 3 rings (SSSR count). The van der Waals surface area contributed by atoms with Crippen LogP contribution in [0.1, 0.15) is 115 Å². The molecule has 2 saturated heterocycles. The van der Waals surface area contributed by atoms with Crippen molar-refractivity contribution in [2.75, 3.05) is 0 Å². The predicted molar refractivity (Wildman–Crippen MR) is 136 cm³/mol. The second-order valence-electron chi connectivity index (χ2n) is 13.1. The van der Waals surface area contributed by atoms with Gasteiger partial charge < -0.3 is 19.9 Å². The molecule has 0 aromatic heterocycles. The Hall–Kier alpha value is -2.07. The molecule has 9 heteroatoms. The average molecular weight is 523 g/mol. The van der Waals surface area contributed by atoms with Crippen molar-refractivity contribution < 1.29 is 33.9 Å². The van der Waals surface area contributed by atoms with Crippen LogP contribution in [0.2, 0.25) is 0 Å². The van der Waals surface area contributed by atoms with E-state index in [9.17, 15) is 24.4 Å². The largest absolute Gasteiger partial charge is 0.459 e. The summed E-state index contributed by atoms with van der Waals surface area (Å²) in [4.78, 5) is 25.6. The first kappa shape index (κ1) is 29.5. The van der Waals surface area contributed by atoms with Gasteiger partial charge in [-0.25, -0.2) is 14.0 Å². The second kappa shape index (κ2) is 10.2. The molecule has 208 valence electrons. The maximum absolute atomic E-state index is 15.0. The van der Waals surface area contributed by atoms with Crippen LogP contribution >= 0.6 is 0 Å². The summed E-state index contributed by atoms with van der Waals surface area (Å²) in [5, 5.41) is 23.9. The molecule has 0 aliphatic carbocycles. The number of esters is 2. The Morgan fingerprint density at radius 1 is 0.784 bits per heavy atom. The number of benzene rings is 1. The van der Waals surface area contributed by atoms with Crippen LogP contribution in [0.3, 0.4) is 0 Å². The molecule has 0 saturated carbocycles. The molecule has 1 aromatic carbocycles. The number of carbonyl (C=O) groups is 2. The van der Waals surface area contributed by atoms with E-state index in [1.807, 2.05) is 55.4 Å². The van der Waals surface area contributed by atoms with Crippen molar-refractivity contribution in [3.05, 3.63) is 35.1 Å². The molecule has 37 heavy (non-hydrogen) atoms. The first-order valence-electron chi connectivity index (χ1n) is 13.1. The van der Waals surface area contributed by atoms with Gasteiger partial charge in [-0.1, -0.05) is 0 Å². The van der Waals surface area contributed by atoms with Crippen LogP contribution < -0.4 is 0 Å². The summed E-state index contributed by atoms with van der Waals surface area (Å²) in [5.74, 6) is -2.35. The van der Waals surface area contributed by atoms with Crippen LogP contribution in [-0.2, 0) is 9.47 Å². The number of carbonyl (C=O) groups excluding carboxylic acids is 2. The number of halogens is 1. The Morgan fingerprint density at radius 3 is 1.65 bits per heavy atom. The van der Waals surface area contributed by atoms with Crippen LogP contribution in [0, 0.1) is 5.82 Å². The Labute approximate surface area is 219 Å². The van der Waals surface area contributed by atoms with Crippen LogP contribution in [0.5, 0.6) is 0 Å². The minimum absolute atomic E-state index is 0.00416. The van der Waals surface area contributed by atoms with Crippen molar-refractivity contribution in [2.24, 2.45) is 0 Å². The van der Waals surface area contributed by atoms with E-state index in [2.05, 4.69) is 0 Å². The van der Waals surface area contributed by atoms with Gasteiger partial charge in [-0.2, -0.15) is 10.1 Å². The molecule has 2 unspecified atom stereocenters. The van der Waals surface area contributed by atoms with Gasteiger partial charge in [0.15, 0.2) is 0 Å². The van der Waals surface area contributed by atoms with Gasteiger partial charge in [0, 0.05) is 35.0 Å². The van der Waals surface area contributed by atoms with E-state index < -0.39 is 52.1 Å². The van der Waals surface area contributed by atoms with Crippen molar-refractivity contribution in [3.8, 4) is 0 Å². The summed E-state index contributed by atoms with van der Waals surface area (Å²) in [7, 11) is 0. The van der Waals surface area contributed by atoms with E-state index in [1.54, 1.807) is 0 Å². The second-order valence-corrected chi connectivity index (χ2v) is 13.1. The molecular formula is C28H43FN2O6. The number of ether oxygens (including phenoxy) is 2. The molecule has 2 fully saturated rings. The minimum Gasteiger partial charge on any atom is -0.459 e. The normalized spacial score (nSPS) is 27.5. The Kier molecular flexibility index (Phi) is 8.16. The van der Waals surface area contributed by atoms with Gasteiger partial charge in [-0.15, -0.1) is 0 Å². The first-order valence-corrected chi connectivity index (χ1v) is 13.1. The van der Waals surface area contributed by atoms with Gasteiger partial charge >= 0.3 is 11.9 Å². The van der Waals surface area contributed by atoms with E-state index in [0.29, 0.717) is 38.5 Å². The lowest BCUT2D eigenvalue weighted by atomic mass is 9.95. The van der Waals surface area contributed by atoms with Crippen LogP contribution in [0.4, 0.5) is 4.39 Å². The van der Waals surface area contributed by atoms with Crippen molar-refractivity contribution in [3.63, 3.8) is 0 Å². The van der Waals surface area contributed by atoms with E-state index in [4.69, 9.17) is 9.47 Å². The third-order valence-corrected chi connectivity index (χ3v) is 7.88. The van der Waals surface area contributed by atoms with Gasteiger partial charge in [0.05, 0.1) is 11.1 Å². The fourth-order valence-corrected chi connectivity index (χ4v) is 5.81. The molecular weight excluding hydrogens is 479 g/mol. The average Bonchev–Trinajstić information content (AvgIpc) is 2.91. The molecule has 2 N–H and O–H groups in total. The van der Waals surface area contributed by atoms with E-state index >= 15 is 0 Å². The zero-order chi connectivity index (χ0) is 28.0. The summed E-state index contributed by atoms with van der Waals surface area (Å²) in [6.07, 6.45) is 2.19. The molecule has 2 aliphatic heterocycles. The number of hydrogen-bond donors (Lipinski definition) is 2. The number of hydrogen-bond acceptors (Lipinski definition) is 8. The fraction of sp³-hybridized carbons (Fsp3) is 0.714. The minimum atomic E-state index is -0.861. The monoisotopic (exact) mass is 522 g/mol. The lowest BCUT2D eigenvalue weighted by molar-refractivity contribution is -0.222. The van der Waals surface area contributed by atoms with E-state index in [1.165, 1.54) is 22.3 Å². The fourth-order valence-electron chi connectivity index (χ4n) is 5.81. The third kappa shape index (κ3) is 6.50. The SMILES string of the molecule is CC1(C)CCC(OC(=O)c2ccc(C(=O)OC3CCC(C)(C)N(O)C(C)(C)C3)c(F)c2)CC(C)(C)N1O. The molecule has 0 spiro atoms. The van der Waals surface area contributed by atoms with Crippen molar-refractivity contribution in [1.29, 1.82) is 0 Å². The van der Waals surface area contributed by atoms with Crippen molar-refractivity contribution >= 4 is 11.9 Å². The molecule has 2 atom stereocenters. The Bertz CT molecular complexity index is 1020. The lowest BCUT2D eigenvalue weighted by Crippen LogP contribution is -2.52. The van der Waals surface area contributed by atoms with E-state index in [-0.39, 0.29) is 11.1 Å². The molecule has 0 amide bonds. The molecule has 0 bridgehead atoms. The predicted octanol–water partition coefficient (Wildman–Crippen LogP) is 5.74. The van der Waals surface area contributed by atoms with Gasteiger partial charge in [-0.05, 0) is 99.3 Å². The molecule has 8 nitrogen and oxygen atoms in total. The van der Waals surface area contributed by atoms with Crippen LogP contribution in [-0.4, -0.2) is 66.8 Å². The smallest absolute Gasteiger partial charge is 0.341 e. The quantitative estimate of drug-likeness (QED) is 0.483. The zero-order valence-electron chi connectivity index (χ0n) is 23.4. The highest BCUT2D eigenvalue weighted by Gasteiger charge is 2.44. The maximum Gasteiger partial charge on any atom is 0.341 e. The highest BCUT2D eigenvalue weighted by molar-refractivity contribution is 5.93. The molecule has 2 heterocycles. The van der Waals surface area contributed by atoms with Crippen molar-refractivity contribution in [1.82, 2.24) is 10.1 Å². The summed E-state index contributed by atoms with van der Waals surface area (Å²) >= 11 is 0. The summed E-state index contributed by atoms with van der Waals surface area (Å²) in [6.45, 7) is 15.2. The van der Waals surface area contributed by atoms with Crippen LogP contribution in [0.15, 0.2) is 18.2 Å². The third-order valence-electron chi connectivity index (χ3n) is 7.88. The number of hydroxylamine groups is 4. The van der Waals surface area contributed by atoms with Gasteiger partial charge in [0.25, 0.3) is 0 Å². The number of nitrogens with zero attached hydrogens (tertiary/aromatic N) is 2. The zero-order valence-corrected chi connectivity index (χ0v) is 23.4. The molecule has 2 aliphatic rings. The van der Waals surface area contributed by atoms with Crippen molar-refractivity contribution in [2.45, 2.75) is 128 Å². The van der Waals surface area contributed by atoms with Gasteiger partial charge in [-0.3, -0.25) is 0 Å². The molecule has 0 radical (unpaired) electrons. The van der Waals surface area contributed by atoms with Gasteiger partial charge in [0.2, 0.25) is 0 Å². The topological polar surface area (TPSA) is 99.5 Å². The highest BCUT2D eigenvalue weighted by Crippen LogP contribution is 2.37. The number of rotatable bonds is 4. The summed E-state index contributed by atoms with van der Waals surface area (Å²) in [5.41, 5.74) is -2.46. The highest BCUT2D eigenvalue weighted by atomic mass is 19.1. The summed E-state index contributed by atoms with van der Waals surface area (Å²) in [6, 6.07) is 3.61. The Balaban J connectivity index is 1.68. The Morgan fingerprint density at radius 2 is 1.22 bits per heavy atom. The molecule has 1 aromatic rings. The van der Waals surface area contributed by atoms with E-state index in [0.717, 1.165) is 6.07 Å². The first-order chi connectivity index (χ1) is 16.9. The van der Waals surface area contributed by atoms with Gasteiger partial charge in [0.1, 0.15) is 18.0 Å². The lowest BCUT2D eigenvalue weighted by Gasteiger charge is -2.42. The standard InChI is InChI=1S/C28H43FN2O6/c1-25(2)13-11-19(16-27(5,6)30(25)34)36-23(32)18-9-10-21(22(29)15-18)24(33)37-20-12-14-26(3,4)31(35)28(7,8)17-20/h9-10,15,19-20,34-35H,11-14,16-17H2,1-8H3. The maximum atomic E-state index is 15.0. The van der Waals surface area contributed by atoms with Crippen LogP contribution in [0.25, 0.3) is 0 Å². The summed E-state index contributed by atoms with van der Waals surface area (Å²) < 4.78 is 26.3.